The monoisotopic (exact) mass is 336 g/mol. The molecule has 0 fully saturated rings. The van der Waals surface area contributed by atoms with Crippen LogP contribution in [0.4, 0.5) is 5.82 Å². The van der Waals surface area contributed by atoms with Gasteiger partial charge in [-0.1, -0.05) is 16.8 Å². The molecule has 124 valence electrons. The van der Waals surface area contributed by atoms with E-state index in [-0.39, 0.29) is 12.5 Å². The van der Waals surface area contributed by atoms with Crippen molar-refractivity contribution in [3.8, 4) is 0 Å². The van der Waals surface area contributed by atoms with Gasteiger partial charge in [0.2, 0.25) is 5.91 Å². The molecular weight excluding hydrogens is 316 g/mol. The lowest BCUT2D eigenvalue weighted by molar-refractivity contribution is -0.119. The predicted octanol–water partition coefficient (Wildman–Crippen LogP) is 2.67. The van der Waals surface area contributed by atoms with Crippen LogP contribution in [0.15, 0.2) is 16.7 Å². The second-order valence-corrected chi connectivity index (χ2v) is 5.68. The summed E-state index contributed by atoms with van der Waals surface area (Å²) in [6, 6.07) is 3.79. The number of nitrogens with zero attached hydrogens (tertiary/aromatic N) is 2. The number of likely N-dealkylation sites (N-methyl/N-ethyl adjacent to an activating group) is 1. The molecule has 2 aromatic rings. The molecule has 0 aromatic carbocycles. The molecule has 1 amide bonds. The number of hydrogen-bond donors (Lipinski definition) is 2. The normalized spacial score (nSPS) is 10.6. The zero-order valence-electron chi connectivity index (χ0n) is 13.6. The molecule has 0 saturated carbocycles. The van der Waals surface area contributed by atoms with Crippen LogP contribution in [0, 0.1) is 13.8 Å². The van der Waals surface area contributed by atoms with Gasteiger partial charge in [-0.3, -0.25) is 4.79 Å². The lowest BCUT2D eigenvalue weighted by atomic mass is 10.1. The van der Waals surface area contributed by atoms with Crippen molar-refractivity contribution in [2.45, 2.75) is 33.6 Å². The first-order valence-corrected chi connectivity index (χ1v) is 7.96. The summed E-state index contributed by atoms with van der Waals surface area (Å²) < 4.78 is 5.07. The van der Waals surface area contributed by atoms with E-state index in [4.69, 9.17) is 16.1 Å². The van der Waals surface area contributed by atoms with Crippen molar-refractivity contribution < 1.29 is 9.32 Å². The first kappa shape index (κ1) is 17.3. The first-order chi connectivity index (χ1) is 11.0. The number of pyridine rings is 1. The van der Waals surface area contributed by atoms with Gasteiger partial charge in [-0.05, 0) is 45.2 Å². The topological polar surface area (TPSA) is 80.0 Å². The van der Waals surface area contributed by atoms with Crippen LogP contribution in [0.5, 0.6) is 0 Å². The van der Waals surface area contributed by atoms with Gasteiger partial charge in [0.1, 0.15) is 11.6 Å². The zero-order chi connectivity index (χ0) is 16.8. The molecule has 0 atom stereocenters. The molecular formula is C16H21ClN4O2. The van der Waals surface area contributed by atoms with Crippen molar-refractivity contribution in [2.75, 3.05) is 18.4 Å². The van der Waals surface area contributed by atoms with Crippen LogP contribution in [0.3, 0.4) is 0 Å². The van der Waals surface area contributed by atoms with E-state index in [1.165, 1.54) is 0 Å². The molecule has 6 nitrogen and oxygen atoms in total. The summed E-state index contributed by atoms with van der Waals surface area (Å²) in [5, 5.41) is 10.4. The van der Waals surface area contributed by atoms with Gasteiger partial charge in [0, 0.05) is 12.6 Å². The highest BCUT2D eigenvalue weighted by molar-refractivity contribution is 6.32. The van der Waals surface area contributed by atoms with Gasteiger partial charge in [0.15, 0.2) is 0 Å². The third kappa shape index (κ3) is 4.96. The molecule has 0 spiro atoms. The van der Waals surface area contributed by atoms with Crippen LogP contribution in [0.25, 0.3) is 0 Å². The highest BCUT2D eigenvalue weighted by Gasteiger charge is 2.10. The molecule has 0 radical (unpaired) electrons. The van der Waals surface area contributed by atoms with Crippen molar-refractivity contribution in [1.82, 2.24) is 15.5 Å². The number of halogens is 1. The Morgan fingerprint density at radius 1 is 1.30 bits per heavy atom. The molecule has 2 rings (SSSR count). The van der Waals surface area contributed by atoms with Gasteiger partial charge in [-0.2, -0.15) is 0 Å². The van der Waals surface area contributed by atoms with Crippen molar-refractivity contribution in [1.29, 1.82) is 0 Å². The summed E-state index contributed by atoms with van der Waals surface area (Å²) in [7, 11) is 0. The average molecular weight is 337 g/mol. The van der Waals surface area contributed by atoms with Gasteiger partial charge in [0.25, 0.3) is 0 Å². The summed E-state index contributed by atoms with van der Waals surface area (Å²) >= 11 is 6.34. The summed E-state index contributed by atoms with van der Waals surface area (Å²) in [5.41, 5.74) is 2.60. The SMILES string of the molecule is CCNC(=O)CNc1cc(CCc2cc(C)on2)c(Cl)c(C)n1. The van der Waals surface area contributed by atoms with E-state index in [2.05, 4.69) is 20.8 Å². The Hall–Kier alpha value is -2.08. The van der Waals surface area contributed by atoms with Crippen LogP contribution in [-0.2, 0) is 17.6 Å². The Kier molecular flexibility index (Phi) is 5.98. The molecule has 2 heterocycles. The fourth-order valence-electron chi connectivity index (χ4n) is 2.22. The Morgan fingerprint density at radius 2 is 2.09 bits per heavy atom. The number of rotatable bonds is 7. The largest absolute Gasteiger partial charge is 0.361 e. The van der Waals surface area contributed by atoms with Crippen molar-refractivity contribution >= 4 is 23.3 Å². The standard InChI is InChI=1S/C16H21ClN4O2/c1-4-18-15(22)9-19-14-8-12(16(17)11(3)20-14)5-6-13-7-10(2)23-21-13/h7-8H,4-6,9H2,1-3H3,(H,18,22)(H,19,20). The third-order valence-corrected chi connectivity index (χ3v) is 3.85. The zero-order valence-corrected chi connectivity index (χ0v) is 14.3. The average Bonchev–Trinajstić information content (AvgIpc) is 2.93. The summed E-state index contributed by atoms with van der Waals surface area (Å²) in [5.74, 6) is 1.37. The van der Waals surface area contributed by atoms with Gasteiger partial charge in [-0.25, -0.2) is 4.98 Å². The van der Waals surface area contributed by atoms with Crippen LogP contribution in [0.1, 0.15) is 29.6 Å². The molecule has 0 bridgehead atoms. The minimum absolute atomic E-state index is 0.0680. The number of carbonyl (C=O) groups is 1. The highest BCUT2D eigenvalue weighted by atomic mass is 35.5. The molecule has 0 aliphatic rings. The maximum atomic E-state index is 11.5. The van der Waals surface area contributed by atoms with Crippen LogP contribution >= 0.6 is 11.6 Å². The minimum atomic E-state index is -0.0680. The van der Waals surface area contributed by atoms with Crippen molar-refractivity contribution in [3.63, 3.8) is 0 Å². The molecule has 2 aromatic heterocycles. The maximum absolute atomic E-state index is 11.5. The molecule has 0 unspecified atom stereocenters. The molecule has 2 N–H and O–H groups in total. The minimum Gasteiger partial charge on any atom is -0.361 e. The number of aryl methyl sites for hydroxylation is 4. The third-order valence-electron chi connectivity index (χ3n) is 3.33. The Bertz CT molecular complexity index is 685. The molecule has 0 aliphatic heterocycles. The van der Waals surface area contributed by atoms with Crippen molar-refractivity contribution in [2.24, 2.45) is 0 Å². The van der Waals surface area contributed by atoms with E-state index >= 15 is 0 Å². The summed E-state index contributed by atoms with van der Waals surface area (Å²) in [6.07, 6.45) is 1.46. The Morgan fingerprint density at radius 3 is 2.74 bits per heavy atom. The summed E-state index contributed by atoms with van der Waals surface area (Å²) in [6.45, 7) is 6.39. The molecule has 7 heteroatoms. The number of nitrogens with one attached hydrogen (secondary N) is 2. The summed E-state index contributed by atoms with van der Waals surface area (Å²) in [4.78, 5) is 15.9. The van der Waals surface area contributed by atoms with E-state index in [0.717, 1.165) is 35.6 Å². The van der Waals surface area contributed by atoms with E-state index in [1.807, 2.05) is 32.9 Å². The van der Waals surface area contributed by atoms with Crippen LogP contribution in [-0.4, -0.2) is 29.1 Å². The lowest BCUT2D eigenvalue weighted by Crippen LogP contribution is -2.29. The maximum Gasteiger partial charge on any atom is 0.239 e. The van der Waals surface area contributed by atoms with E-state index < -0.39 is 0 Å². The number of carbonyl (C=O) groups excluding carboxylic acids is 1. The fraction of sp³-hybridized carbons (Fsp3) is 0.438. The van der Waals surface area contributed by atoms with Gasteiger partial charge in [-0.15, -0.1) is 0 Å². The van der Waals surface area contributed by atoms with Gasteiger partial charge < -0.3 is 15.2 Å². The van der Waals surface area contributed by atoms with E-state index in [1.54, 1.807) is 0 Å². The van der Waals surface area contributed by atoms with Crippen LogP contribution in [0.2, 0.25) is 5.02 Å². The number of hydrogen-bond acceptors (Lipinski definition) is 5. The lowest BCUT2D eigenvalue weighted by Gasteiger charge is -2.11. The smallest absolute Gasteiger partial charge is 0.239 e. The quantitative estimate of drug-likeness (QED) is 0.812. The molecule has 0 aliphatic carbocycles. The van der Waals surface area contributed by atoms with Crippen LogP contribution < -0.4 is 10.6 Å². The first-order valence-electron chi connectivity index (χ1n) is 7.58. The number of amides is 1. The second kappa shape index (κ2) is 7.97. The Balaban J connectivity index is 2.04. The predicted molar refractivity (Wildman–Crippen MR) is 89.8 cm³/mol. The van der Waals surface area contributed by atoms with Gasteiger partial charge in [0.05, 0.1) is 23.0 Å². The number of anilines is 1. The second-order valence-electron chi connectivity index (χ2n) is 5.30. The Labute approximate surface area is 140 Å². The molecule has 23 heavy (non-hydrogen) atoms. The van der Waals surface area contributed by atoms with E-state index in [0.29, 0.717) is 17.4 Å². The van der Waals surface area contributed by atoms with E-state index in [9.17, 15) is 4.79 Å². The highest BCUT2D eigenvalue weighted by Crippen LogP contribution is 2.24. The molecule has 0 saturated heterocycles. The van der Waals surface area contributed by atoms with Crippen molar-refractivity contribution in [3.05, 3.63) is 39.9 Å². The fourth-order valence-corrected chi connectivity index (χ4v) is 2.42. The number of aromatic nitrogens is 2. The van der Waals surface area contributed by atoms with Gasteiger partial charge >= 0.3 is 0 Å².